The largest absolute Gasteiger partial charge is 0.486 e. The van der Waals surface area contributed by atoms with E-state index >= 15 is 0 Å². The summed E-state index contributed by atoms with van der Waals surface area (Å²) in [6.07, 6.45) is 4.09. The minimum atomic E-state index is -3.86. The zero-order valence-corrected chi connectivity index (χ0v) is 24.7. The molecule has 0 unspecified atom stereocenters. The zero-order chi connectivity index (χ0) is 29.0. The number of likely N-dealkylation sites (N-methyl/N-ethyl adjacent to an activating group) is 1. The Labute approximate surface area is 241 Å². The molecule has 2 aromatic rings. The molecule has 2 amide bonds. The number of hydrogen-bond donors (Lipinski definition) is 2. The van der Waals surface area contributed by atoms with E-state index in [4.69, 9.17) is 16.3 Å². The fraction of sp³-hybridized carbons (Fsp3) is 0.517. The Hall–Kier alpha value is -2.66. The smallest absolute Gasteiger partial charge is 0.258 e. The van der Waals surface area contributed by atoms with Gasteiger partial charge in [0.25, 0.3) is 5.91 Å². The highest BCUT2D eigenvalue weighted by Gasteiger charge is 2.36. The number of carbonyl (C=O) groups is 2. The summed E-state index contributed by atoms with van der Waals surface area (Å²) in [7, 11) is -2.38. The summed E-state index contributed by atoms with van der Waals surface area (Å²) in [6.45, 7) is 3.64. The first-order chi connectivity index (χ1) is 19.0. The quantitative estimate of drug-likeness (QED) is 0.470. The summed E-state index contributed by atoms with van der Waals surface area (Å²) < 4.78 is 34.4. The maximum Gasteiger partial charge on any atom is 0.258 e. The molecule has 2 N–H and O–H groups in total. The Morgan fingerprint density at radius 1 is 1.18 bits per heavy atom. The van der Waals surface area contributed by atoms with Gasteiger partial charge in [-0.1, -0.05) is 43.9 Å². The number of aliphatic hydroxyl groups excluding tert-OH is 1. The molecule has 4 rings (SSSR count). The van der Waals surface area contributed by atoms with Gasteiger partial charge in [-0.15, -0.1) is 0 Å². The van der Waals surface area contributed by atoms with Crippen molar-refractivity contribution >= 4 is 39.1 Å². The van der Waals surface area contributed by atoms with Crippen molar-refractivity contribution in [3.8, 4) is 5.75 Å². The Balaban J connectivity index is 1.69. The van der Waals surface area contributed by atoms with Crippen LogP contribution in [0.2, 0.25) is 5.02 Å². The van der Waals surface area contributed by atoms with Gasteiger partial charge in [-0.2, -0.15) is 4.31 Å². The van der Waals surface area contributed by atoms with Gasteiger partial charge in [0.05, 0.1) is 35.3 Å². The summed E-state index contributed by atoms with van der Waals surface area (Å²) in [4.78, 5) is 28.5. The third-order valence-electron chi connectivity index (χ3n) is 7.88. The van der Waals surface area contributed by atoms with Crippen molar-refractivity contribution < 1.29 is 27.9 Å². The van der Waals surface area contributed by atoms with Crippen LogP contribution in [0.25, 0.3) is 0 Å². The van der Waals surface area contributed by atoms with Gasteiger partial charge in [-0.25, -0.2) is 8.42 Å². The molecule has 1 aliphatic heterocycles. The minimum absolute atomic E-state index is 0.00793. The molecule has 0 radical (unpaired) electrons. The Bertz CT molecular complexity index is 1310. The first-order valence-corrected chi connectivity index (χ1v) is 15.6. The lowest BCUT2D eigenvalue weighted by Gasteiger charge is -2.38. The van der Waals surface area contributed by atoms with Gasteiger partial charge in [0.1, 0.15) is 6.10 Å². The lowest BCUT2D eigenvalue weighted by Crippen LogP contribution is -2.50. The van der Waals surface area contributed by atoms with Crippen molar-refractivity contribution in [1.82, 2.24) is 9.21 Å². The third-order valence-corrected chi connectivity index (χ3v) is 9.97. The number of fused-ring (bicyclic) bond motifs is 1. The summed E-state index contributed by atoms with van der Waals surface area (Å²) in [5, 5.41) is 13.3. The predicted octanol–water partition coefficient (Wildman–Crippen LogP) is 4.40. The van der Waals surface area contributed by atoms with Crippen LogP contribution in [0.1, 0.15) is 56.3 Å². The van der Waals surface area contributed by atoms with E-state index in [1.54, 1.807) is 30.0 Å². The highest BCUT2D eigenvalue weighted by Crippen LogP contribution is 2.36. The maximum absolute atomic E-state index is 13.7. The summed E-state index contributed by atoms with van der Waals surface area (Å²) >= 11 is 5.95. The van der Waals surface area contributed by atoms with Crippen LogP contribution in [0, 0.1) is 11.8 Å². The van der Waals surface area contributed by atoms with E-state index < -0.39 is 22.2 Å². The number of ether oxygens (including phenoxy) is 1. The molecule has 1 fully saturated rings. The second-order valence-electron chi connectivity index (χ2n) is 10.9. The molecule has 3 atom stereocenters. The molecule has 1 aliphatic carbocycles. The number of rotatable bonds is 8. The van der Waals surface area contributed by atoms with E-state index in [9.17, 15) is 23.1 Å². The number of hydrogen-bond acceptors (Lipinski definition) is 6. The Morgan fingerprint density at radius 2 is 1.85 bits per heavy atom. The molecular weight excluding hydrogens is 554 g/mol. The van der Waals surface area contributed by atoms with Crippen molar-refractivity contribution in [2.24, 2.45) is 11.8 Å². The van der Waals surface area contributed by atoms with Gasteiger partial charge < -0.3 is 20.1 Å². The van der Waals surface area contributed by atoms with Crippen molar-refractivity contribution in [1.29, 1.82) is 0 Å². The lowest BCUT2D eigenvalue weighted by molar-refractivity contribution is -0.120. The standard InChI is InChI=1S/C29H38ClN3O6S/c1-19-16-33(20(2)18-34)29(36)24-10-7-11-25(31-28(35)21-8-5-4-6-9-21)27(24)39-26(19)17-32(3)40(37,38)23-14-12-22(30)13-15-23/h7,10-15,19-21,26,34H,4-6,8-9,16-18H2,1-3H3,(H,31,35)/t19-,20-,26-/m0/s1. The van der Waals surface area contributed by atoms with Crippen molar-refractivity contribution in [2.45, 2.75) is 63.0 Å². The Kier molecular flexibility index (Phi) is 9.76. The van der Waals surface area contributed by atoms with Gasteiger partial charge >= 0.3 is 0 Å². The summed E-state index contributed by atoms with van der Waals surface area (Å²) in [5.74, 6) is -0.640. The fourth-order valence-corrected chi connectivity index (χ4v) is 6.61. The monoisotopic (exact) mass is 591 g/mol. The molecule has 1 saturated carbocycles. The van der Waals surface area contributed by atoms with Crippen LogP contribution in [0.15, 0.2) is 47.4 Å². The highest BCUT2D eigenvalue weighted by atomic mass is 35.5. The van der Waals surface area contributed by atoms with Crippen LogP contribution in [-0.4, -0.2) is 73.4 Å². The fourth-order valence-electron chi connectivity index (χ4n) is 5.30. The van der Waals surface area contributed by atoms with Gasteiger partial charge in [-0.3, -0.25) is 9.59 Å². The molecule has 40 heavy (non-hydrogen) atoms. The van der Waals surface area contributed by atoms with E-state index in [2.05, 4.69) is 5.32 Å². The number of halogens is 1. The molecular formula is C29H38ClN3O6S. The third kappa shape index (κ3) is 6.62. The van der Waals surface area contributed by atoms with E-state index in [1.807, 2.05) is 6.92 Å². The topological polar surface area (TPSA) is 116 Å². The normalized spacial score (nSPS) is 21.2. The molecule has 0 spiro atoms. The van der Waals surface area contributed by atoms with E-state index in [-0.39, 0.29) is 59.6 Å². The van der Waals surface area contributed by atoms with Gasteiger partial charge in [0.15, 0.2) is 5.75 Å². The number of carbonyl (C=O) groups excluding carboxylic acids is 2. The molecule has 0 saturated heterocycles. The van der Waals surface area contributed by atoms with Crippen LogP contribution in [0.5, 0.6) is 5.75 Å². The molecule has 11 heteroatoms. The number of nitrogens with zero attached hydrogens (tertiary/aromatic N) is 2. The Morgan fingerprint density at radius 3 is 2.50 bits per heavy atom. The molecule has 0 aromatic heterocycles. The number of aliphatic hydroxyl groups is 1. The van der Waals surface area contributed by atoms with E-state index in [1.165, 1.54) is 35.6 Å². The van der Waals surface area contributed by atoms with E-state index in [0.717, 1.165) is 32.1 Å². The van der Waals surface area contributed by atoms with Gasteiger partial charge in [0.2, 0.25) is 15.9 Å². The SMILES string of the molecule is C[C@H]1CN([C@@H](C)CO)C(=O)c2cccc(NC(=O)C3CCCCC3)c2O[C@H]1CN(C)S(=O)(=O)c1ccc(Cl)cc1. The molecule has 218 valence electrons. The predicted molar refractivity (Wildman–Crippen MR) is 154 cm³/mol. The maximum atomic E-state index is 13.7. The molecule has 2 aromatic carbocycles. The first kappa shape index (κ1) is 30.3. The number of anilines is 1. The van der Waals surface area contributed by atoms with Crippen molar-refractivity contribution in [3.63, 3.8) is 0 Å². The second kappa shape index (κ2) is 12.9. The van der Waals surface area contributed by atoms with Gasteiger partial charge in [0, 0.05) is 30.5 Å². The number of amides is 2. The van der Waals surface area contributed by atoms with Crippen LogP contribution in [-0.2, 0) is 14.8 Å². The summed E-state index contributed by atoms with van der Waals surface area (Å²) in [5.41, 5.74) is 0.627. The number of sulfonamides is 1. The average molecular weight is 592 g/mol. The van der Waals surface area contributed by atoms with Crippen LogP contribution in [0.4, 0.5) is 5.69 Å². The zero-order valence-electron chi connectivity index (χ0n) is 23.2. The van der Waals surface area contributed by atoms with Crippen LogP contribution < -0.4 is 10.1 Å². The summed E-state index contributed by atoms with van der Waals surface area (Å²) in [6, 6.07) is 10.5. The average Bonchev–Trinajstić information content (AvgIpc) is 2.95. The number of nitrogens with one attached hydrogen (secondary N) is 1. The lowest BCUT2D eigenvalue weighted by atomic mass is 9.88. The van der Waals surface area contributed by atoms with Crippen LogP contribution in [0.3, 0.4) is 0 Å². The van der Waals surface area contributed by atoms with E-state index in [0.29, 0.717) is 10.7 Å². The molecule has 9 nitrogen and oxygen atoms in total. The second-order valence-corrected chi connectivity index (χ2v) is 13.3. The van der Waals surface area contributed by atoms with Gasteiger partial charge in [-0.05, 0) is 56.2 Å². The molecule has 0 bridgehead atoms. The van der Waals surface area contributed by atoms with Crippen molar-refractivity contribution in [2.75, 3.05) is 32.1 Å². The molecule has 2 aliphatic rings. The molecule has 1 heterocycles. The van der Waals surface area contributed by atoms with Crippen molar-refractivity contribution in [3.05, 3.63) is 53.1 Å². The first-order valence-electron chi connectivity index (χ1n) is 13.8. The minimum Gasteiger partial charge on any atom is -0.486 e. The number of para-hydroxylation sites is 1. The number of benzene rings is 2. The highest BCUT2D eigenvalue weighted by molar-refractivity contribution is 7.89. The van der Waals surface area contributed by atoms with Crippen LogP contribution >= 0.6 is 11.6 Å².